The molecule has 0 aliphatic rings. The van der Waals surface area contributed by atoms with Crippen LogP contribution >= 0.6 is 0 Å². The van der Waals surface area contributed by atoms with Crippen LogP contribution in [0.4, 0.5) is 0 Å². The predicted molar refractivity (Wildman–Crippen MR) is 65.8 cm³/mol. The SMILES string of the molecule is C=CC(C)(CCC(OC(C)=O)C(C)=O)OC(C)=O. The van der Waals surface area contributed by atoms with Crippen LogP contribution in [0.25, 0.3) is 0 Å². The average Bonchev–Trinajstić information content (AvgIpc) is 2.22. The topological polar surface area (TPSA) is 69.7 Å². The van der Waals surface area contributed by atoms with E-state index in [0.717, 1.165) is 0 Å². The van der Waals surface area contributed by atoms with Crippen molar-refractivity contribution < 1.29 is 23.9 Å². The summed E-state index contributed by atoms with van der Waals surface area (Å²) in [6.45, 7) is 9.19. The van der Waals surface area contributed by atoms with E-state index in [2.05, 4.69) is 6.58 Å². The summed E-state index contributed by atoms with van der Waals surface area (Å²) in [5.41, 5.74) is -0.861. The van der Waals surface area contributed by atoms with Crippen molar-refractivity contribution in [2.45, 2.75) is 52.2 Å². The Kier molecular flexibility index (Phi) is 6.30. The number of esters is 2. The first kappa shape index (κ1) is 16.4. The van der Waals surface area contributed by atoms with Gasteiger partial charge in [0.2, 0.25) is 0 Å². The molecule has 0 amide bonds. The van der Waals surface area contributed by atoms with Crippen LogP contribution in [0, 0.1) is 0 Å². The van der Waals surface area contributed by atoms with Gasteiger partial charge in [-0.25, -0.2) is 0 Å². The minimum atomic E-state index is -0.861. The fraction of sp³-hybridized carbons (Fsp3) is 0.615. The van der Waals surface area contributed by atoms with Gasteiger partial charge in [-0.15, -0.1) is 0 Å². The van der Waals surface area contributed by atoms with Crippen molar-refractivity contribution in [3.05, 3.63) is 12.7 Å². The molecule has 0 spiro atoms. The summed E-state index contributed by atoms with van der Waals surface area (Å²) >= 11 is 0. The monoisotopic (exact) mass is 256 g/mol. The van der Waals surface area contributed by atoms with E-state index in [9.17, 15) is 14.4 Å². The van der Waals surface area contributed by atoms with Crippen LogP contribution in [-0.4, -0.2) is 29.4 Å². The Morgan fingerprint density at radius 2 is 1.78 bits per heavy atom. The molecule has 0 N–H and O–H groups in total. The van der Waals surface area contributed by atoms with Crippen molar-refractivity contribution >= 4 is 17.7 Å². The molecule has 0 radical (unpaired) electrons. The van der Waals surface area contributed by atoms with Gasteiger partial charge < -0.3 is 9.47 Å². The highest BCUT2D eigenvalue weighted by atomic mass is 16.6. The first-order valence-electron chi connectivity index (χ1n) is 5.71. The zero-order valence-corrected chi connectivity index (χ0v) is 11.3. The predicted octanol–water partition coefficient (Wildman–Crippen LogP) is 1.80. The summed E-state index contributed by atoms with van der Waals surface area (Å²) in [4.78, 5) is 33.1. The molecule has 0 bridgehead atoms. The van der Waals surface area contributed by atoms with Gasteiger partial charge in [0.15, 0.2) is 11.9 Å². The van der Waals surface area contributed by atoms with Crippen LogP contribution in [0.15, 0.2) is 12.7 Å². The van der Waals surface area contributed by atoms with Crippen LogP contribution < -0.4 is 0 Å². The van der Waals surface area contributed by atoms with Crippen LogP contribution in [0.5, 0.6) is 0 Å². The summed E-state index contributed by atoms with van der Waals surface area (Å²) in [5.74, 6) is -1.17. The van der Waals surface area contributed by atoms with E-state index >= 15 is 0 Å². The molecule has 2 atom stereocenters. The molecule has 0 aromatic heterocycles. The maximum absolute atomic E-state index is 11.3. The highest BCUT2D eigenvalue weighted by Gasteiger charge is 2.27. The van der Waals surface area contributed by atoms with E-state index in [0.29, 0.717) is 6.42 Å². The zero-order chi connectivity index (χ0) is 14.3. The van der Waals surface area contributed by atoms with Crippen LogP contribution in [-0.2, 0) is 23.9 Å². The molecule has 2 unspecified atom stereocenters. The van der Waals surface area contributed by atoms with Gasteiger partial charge in [-0.2, -0.15) is 0 Å². The molecule has 0 aliphatic heterocycles. The molecular weight excluding hydrogens is 236 g/mol. The van der Waals surface area contributed by atoms with Gasteiger partial charge >= 0.3 is 11.9 Å². The second-order valence-corrected chi connectivity index (χ2v) is 4.36. The lowest BCUT2D eigenvalue weighted by Crippen LogP contribution is -2.32. The molecule has 0 saturated carbocycles. The number of ether oxygens (including phenoxy) is 2. The van der Waals surface area contributed by atoms with Crippen molar-refractivity contribution in [3.63, 3.8) is 0 Å². The smallest absolute Gasteiger partial charge is 0.303 e. The lowest BCUT2D eigenvalue weighted by molar-refractivity contribution is -0.156. The van der Waals surface area contributed by atoms with E-state index in [1.54, 1.807) is 6.92 Å². The second-order valence-electron chi connectivity index (χ2n) is 4.36. The highest BCUT2D eigenvalue weighted by molar-refractivity contribution is 5.83. The molecule has 5 nitrogen and oxygen atoms in total. The summed E-state index contributed by atoms with van der Waals surface area (Å²) < 4.78 is 10.0. The normalized spacial score (nSPS) is 15.1. The van der Waals surface area contributed by atoms with Crippen molar-refractivity contribution in [1.82, 2.24) is 0 Å². The molecule has 102 valence electrons. The van der Waals surface area contributed by atoms with Gasteiger partial charge in [0.1, 0.15) is 5.60 Å². The quantitative estimate of drug-likeness (QED) is 0.513. The summed E-state index contributed by atoms with van der Waals surface area (Å²) in [5, 5.41) is 0. The molecule has 0 saturated heterocycles. The Hall–Kier alpha value is -1.65. The van der Waals surface area contributed by atoms with E-state index in [1.807, 2.05) is 0 Å². The van der Waals surface area contributed by atoms with Crippen molar-refractivity contribution in [3.8, 4) is 0 Å². The number of carbonyl (C=O) groups is 3. The van der Waals surface area contributed by atoms with E-state index in [-0.39, 0.29) is 12.2 Å². The van der Waals surface area contributed by atoms with E-state index < -0.39 is 23.6 Å². The number of hydrogen-bond donors (Lipinski definition) is 0. The second kappa shape index (κ2) is 6.93. The minimum Gasteiger partial charge on any atom is -0.455 e. The Bertz CT molecular complexity index is 347. The average molecular weight is 256 g/mol. The summed E-state index contributed by atoms with van der Waals surface area (Å²) in [6, 6.07) is 0. The molecule has 0 heterocycles. The van der Waals surface area contributed by atoms with E-state index in [4.69, 9.17) is 9.47 Å². The third kappa shape index (κ3) is 6.18. The molecule has 0 aromatic carbocycles. The van der Waals surface area contributed by atoms with Crippen molar-refractivity contribution in [1.29, 1.82) is 0 Å². The number of carbonyl (C=O) groups excluding carboxylic acids is 3. The maximum Gasteiger partial charge on any atom is 0.303 e. The zero-order valence-electron chi connectivity index (χ0n) is 11.3. The summed E-state index contributed by atoms with van der Waals surface area (Å²) in [6.07, 6.45) is 1.33. The van der Waals surface area contributed by atoms with Gasteiger partial charge in [0, 0.05) is 13.8 Å². The highest BCUT2D eigenvalue weighted by Crippen LogP contribution is 2.21. The standard InChI is InChI=1S/C13H20O5/c1-6-13(5,18-11(4)16)8-7-12(9(2)14)17-10(3)15/h6,12H,1,7-8H2,2-5H3. The lowest BCUT2D eigenvalue weighted by atomic mass is 9.96. The van der Waals surface area contributed by atoms with Gasteiger partial charge in [0.05, 0.1) is 0 Å². The van der Waals surface area contributed by atoms with Crippen LogP contribution in [0.2, 0.25) is 0 Å². The Labute approximate surface area is 107 Å². The maximum atomic E-state index is 11.3. The number of rotatable bonds is 7. The van der Waals surface area contributed by atoms with Crippen LogP contribution in [0.3, 0.4) is 0 Å². The van der Waals surface area contributed by atoms with E-state index in [1.165, 1.54) is 26.8 Å². The molecule has 18 heavy (non-hydrogen) atoms. The largest absolute Gasteiger partial charge is 0.455 e. The van der Waals surface area contributed by atoms with Gasteiger partial charge in [0.25, 0.3) is 0 Å². The number of ketones is 1. The minimum absolute atomic E-state index is 0.237. The van der Waals surface area contributed by atoms with Gasteiger partial charge in [-0.1, -0.05) is 6.58 Å². The molecule has 0 rings (SSSR count). The Morgan fingerprint density at radius 1 is 1.22 bits per heavy atom. The molecule has 0 fully saturated rings. The number of Topliss-reactive ketones (excluding diaryl/α,β-unsaturated/α-hetero) is 1. The molecule has 0 aliphatic carbocycles. The third-order valence-electron chi connectivity index (χ3n) is 2.47. The Morgan fingerprint density at radius 3 is 2.11 bits per heavy atom. The van der Waals surface area contributed by atoms with Crippen LogP contribution in [0.1, 0.15) is 40.5 Å². The van der Waals surface area contributed by atoms with Gasteiger partial charge in [-0.3, -0.25) is 14.4 Å². The number of hydrogen-bond acceptors (Lipinski definition) is 5. The first-order valence-corrected chi connectivity index (χ1v) is 5.71. The summed E-state index contributed by atoms with van der Waals surface area (Å²) in [7, 11) is 0. The first-order chi connectivity index (χ1) is 8.20. The van der Waals surface area contributed by atoms with Gasteiger partial charge in [-0.05, 0) is 32.8 Å². The lowest BCUT2D eigenvalue weighted by Gasteiger charge is -2.26. The molecular formula is C13H20O5. The third-order valence-corrected chi connectivity index (χ3v) is 2.47. The molecule has 0 aromatic rings. The fourth-order valence-electron chi connectivity index (χ4n) is 1.49. The fourth-order valence-corrected chi connectivity index (χ4v) is 1.49. The van der Waals surface area contributed by atoms with Crippen molar-refractivity contribution in [2.24, 2.45) is 0 Å². The Balaban J connectivity index is 4.56. The van der Waals surface area contributed by atoms with Crippen molar-refractivity contribution in [2.75, 3.05) is 0 Å². The molecule has 5 heteroatoms.